The molecule has 0 fully saturated rings. The van der Waals surface area contributed by atoms with Crippen molar-refractivity contribution in [1.82, 2.24) is 4.40 Å². The number of nitrogens with zero attached hydrogens (tertiary/aromatic N) is 4. The standard InChI is InChI=1S/C51H36BN4/c1-33-29-30-37(49-38-21-9-12-24-41(38)56-45-28-16-15-27-44(45)53(2)51(56)48(33)49)34-31-46-50-47(32-34)55(36-19-7-4-8-20-36)43-26-14-11-23-40(43)52(50)39-22-10-13-25-42(39)54(46)35-17-5-3-6-18-35/h3-32H,1-2H3/q+1. The summed E-state index contributed by atoms with van der Waals surface area (Å²) < 4.78 is 4.84. The Bertz CT molecular complexity index is 3130. The Kier molecular flexibility index (Phi) is 6.53. The van der Waals surface area contributed by atoms with Crippen molar-refractivity contribution in [3.8, 4) is 11.1 Å². The topological polar surface area (TPSA) is 14.8 Å². The molecule has 10 aromatic rings. The van der Waals surface area contributed by atoms with E-state index in [1.165, 1.54) is 94.2 Å². The summed E-state index contributed by atoms with van der Waals surface area (Å²) in [5.41, 5.74) is 19.6. The number of rotatable bonds is 3. The molecule has 12 rings (SSSR count). The molecule has 8 aromatic carbocycles. The van der Waals surface area contributed by atoms with Gasteiger partial charge in [0, 0.05) is 44.9 Å². The van der Waals surface area contributed by atoms with E-state index in [1.807, 2.05) is 0 Å². The molecule has 0 radical (unpaired) electrons. The van der Waals surface area contributed by atoms with Crippen molar-refractivity contribution in [2.75, 3.05) is 9.80 Å². The second kappa shape index (κ2) is 11.7. The molecule has 4 heterocycles. The van der Waals surface area contributed by atoms with Gasteiger partial charge in [0.15, 0.2) is 11.0 Å². The fourth-order valence-corrected chi connectivity index (χ4v) is 10.00. The van der Waals surface area contributed by atoms with Crippen molar-refractivity contribution < 1.29 is 4.57 Å². The summed E-state index contributed by atoms with van der Waals surface area (Å²) in [6, 6.07) is 67.2. The van der Waals surface area contributed by atoms with Gasteiger partial charge in [-0.05, 0) is 107 Å². The molecule has 0 unspecified atom stereocenters. The van der Waals surface area contributed by atoms with Gasteiger partial charge in [0.05, 0.1) is 12.4 Å². The first-order valence-electron chi connectivity index (χ1n) is 19.5. The van der Waals surface area contributed by atoms with E-state index in [9.17, 15) is 0 Å². The van der Waals surface area contributed by atoms with Gasteiger partial charge in [-0.3, -0.25) is 0 Å². The largest absolute Gasteiger partial charge is 0.311 e. The van der Waals surface area contributed by atoms with Gasteiger partial charge in [0.2, 0.25) is 0 Å². The van der Waals surface area contributed by atoms with E-state index in [2.05, 4.69) is 215 Å². The summed E-state index contributed by atoms with van der Waals surface area (Å²) in [5.74, 6) is 0. The number of fused-ring (bicyclic) bond motifs is 12. The monoisotopic (exact) mass is 715 g/mol. The number of anilines is 6. The molecule has 0 amide bonds. The Hall–Kier alpha value is -7.11. The summed E-state index contributed by atoms with van der Waals surface area (Å²) >= 11 is 0. The summed E-state index contributed by atoms with van der Waals surface area (Å²) in [7, 11) is 2.21. The van der Waals surface area contributed by atoms with E-state index in [4.69, 9.17) is 0 Å². The minimum atomic E-state index is 0.0730. The van der Waals surface area contributed by atoms with Gasteiger partial charge in [-0.25, -0.2) is 4.57 Å². The van der Waals surface area contributed by atoms with Gasteiger partial charge < -0.3 is 9.80 Å². The Morgan fingerprint density at radius 2 is 1.02 bits per heavy atom. The second-order valence-electron chi connectivity index (χ2n) is 15.2. The van der Waals surface area contributed by atoms with Crippen LogP contribution in [0.4, 0.5) is 34.1 Å². The molecular formula is C51H36BN4+. The Morgan fingerprint density at radius 1 is 0.482 bits per heavy atom. The van der Waals surface area contributed by atoms with Gasteiger partial charge in [0.1, 0.15) is 5.52 Å². The van der Waals surface area contributed by atoms with Crippen molar-refractivity contribution in [3.05, 3.63) is 188 Å². The van der Waals surface area contributed by atoms with Crippen LogP contribution in [0, 0.1) is 6.92 Å². The van der Waals surface area contributed by atoms with Gasteiger partial charge in [-0.2, -0.15) is 4.40 Å². The Balaban J connectivity index is 1.26. The lowest BCUT2D eigenvalue weighted by Gasteiger charge is -2.44. The lowest BCUT2D eigenvalue weighted by Crippen LogP contribution is -2.61. The molecule has 2 aromatic heterocycles. The number of pyridine rings is 1. The highest BCUT2D eigenvalue weighted by Gasteiger charge is 2.43. The molecule has 56 heavy (non-hydrogen) atoms. The lowest BCUT2D eigenvalue weighted by molar-refractivity contribution is -0.617. The molecule has 0 spiro atoms. The van der Waals surface area contributed by atoms with Crippen LogP contribution < -0.4 is 30.8 Å². The maximum absolute atomic E-state index is 2.50. The quantitative estimate of drug-likeness (QED) is 0.103. The number of aromatic nitrogens is 2. The molecule has 0 bridgehead atoms. The molecule has 4 nitrogen and oxygen atoms in total. The number of para-hydroxylation sites is 7. The number of imidazole rings is 1. The SMILES string of the molecule is Cc1ccc(-c2cc3c4c(c2)N(c2ccccc2)c2ccccc2B4c2ccccc2N3c2ccccc2)c2c3ccccc3n3c4ccccc4[n+](C)c3c12. The van der Waals surface area contributed by atoms with Crippen LogP contribution in [0.2, 0.25) is 0 Å². The van der Waals surface area contributed by atoms with E-state index < -0.39 is 0 Å². The van der Waals surface area contributed by atoms with Crippen LogP contribution in [0.25, 0.3) is 49.5 Å². The fraction of sp³-hybridized carbons (Fsp3) is 0.0392. The zero-order chi connectivity index (χ0) is 37.1. The van der Waals surface area contributed by atoms with E-state index in [0.717, 1.165) is 11.4 Å². The van der Waals surface area contributed by atoms with Crippen LogP contribution >= 0.6 is 0 Å². The summed E-state index contributed by atoms with van der Waals surface area (Å²) in [4.78, 5) is 5.00. The molecule has 2 aliphatic rings. The number of benzene rings is 8. The molecule has 262 valence electrons. The summed E-state index contributed by atoms with van der Waals surface area (Å²) in [6.45, 7) is 2.34. The number of hydrogen-bond acceptors (Lipinski definition) is 2. The minimum absolute atomic E-state index is 0.0730. The van der Waals surface area contributed by atoms with Gasteiger partial charge >= 0.3 is 0 Å². The maximum atomic E-state index is 2.50. The highest BCUT2D eigenvalue weighted by atomic mass is 15.2. The fourth-order valence-electron chi connectivity index (χ4n) is 10.00. The van der Waals surface area contributed by atoms with Crippen LogP contribution in [0.1, 0.15) is 5.56 Å². The highest BCUT2D eigenvalue weighted by Crippen LogP contribution is 2.47. The van der Waals surface area contributed by atoms with Gasteiger partial charge in [-0.1, -0.05) is 115 Å². The molecule has 0 saturated carbocycles. The molecule has 0 atom stereocenters. The smallest absolute Gasteiger partial charge is 0.295 e. The number of aryl methyl sites for hydroxylation is 2. The average molecular weight is 716 g/mol. The van der Waals surface area contributed by atoms with Crippen LogP contribution in [-0.4, -0.2) is 11.1 Å². The summed E-state index contributed by atoms with van der Waals surface area (Å²) in [5, 5.41) is 3.80. The third kappa shape index (κ3) is 4.17. The minimum Gasteiger partial charge on any atom is -0.311 e. The van der Waals surface area contributed by atoms with Crippen molar-refractivity contribution in [2.45, 2.75) is 6.92 Å². The average Bonchev–Trinajstić information content (AvgIpc) is 3.56. The first kappa shape index (κ1) is 31.3. The Labute approximate surface area is 325 Å². The van der Waals surface area contributed by atoms with E-state index in [-0.39, 0.29) is 6.71 Å². The van der Waals surface area contributed by atoms with Crippen molar-refractivity contribution in [2.24, 2.45) is 7.05 Å². The second-order valence-corrected chi connectivity index (χ2v) is 15.2. The van der Waals surface area contributed by atoms with Crippen LogP contribution in [0.3, 0.4) is 0 Å². The lowest BCUT2D eigenvalue weighted by atomic mass is 9.33. The first-order chi connectivity index (χ1) is 27.7. The molecular weight excluding hydrogens is 679 g/mol. The molecule has 0 N–H and O–H groups in total. The predicted molar refractivity (Wildman–Crippen MR) is 235 cm³/mol. The predicted octanol–water partition coefficient (Wildman–Crippen LogP) is 10.3. The van der Waals surface area contributed by atoms with Crippen LogP contribution in [-0.2, 0) is 7.05 Å². The number of hydrogen-bond donors (Lipinski definition) is 0. The molecule has 0 saturated heterocycles. The zero-order valence-electron chi connectivity index (χ0n) is 31.2. The van der Waals surface area contributed by atoms with E-state index >= 15 is 0 Å². The van der Waals surface area contributed by atoms with Crippen LogP contribution in [0.15, 0.2) is 182 Å². The molecule has 2 aliphatic heterocycles. The van der Waals surface area contributed by atoms with Crippen molar-refractivity contribution in [1.29, 1.82) is 0 Å². The molecule has 0 aliphatic carbocycles. The van der Waals surface area contributed by atoms with Crippen LogP contribution in [0.5, 0.6) is 0 Å². The van der Waals surface area contributed by atoms with Gasteiger partial charge in [-0.15, -0.1) is 0 Å². The first-order valence-corrected chi connectivity index (χ1v) is 19.5. The van der Waals surface area contributed by atoms with Crippen molar-refractivity contribution >= 4 is 95.6 Å². The highest BCUT2D eigenvalue weighted by molar-refractivity contribution is 7.00. The third-order valence-corrected chi connectivity index (χ3v) is 12.3. The zero-order valence-corrected chi connectivity index (χ0v) is 31.2. The van der Waals surface area contributed by atoms with E-state index in [1.54, 1.807) is 0 Å². The van der Waals surface area contributed by atoms with Gasteiger partial charge in [0.25, 0.3) is 12.4 Å². The van der Waals surface area contributed by atoms with E-state index in [0.29, 0.717) is 0 Å². The summed E-state index contributed by atoms with van der Waals surface area (Å²) in [6.07, 6.45) is 0. The molecule has 5 heteroatoms. The normalized spacial score (nSPS) is 13.1. The third-order valence-electron chi connectivity index (χ3n) is 12.3. The van der Waals surface area contributed by atoms with Crippen molar-refractivity contribution in [3.63, 3.8) is 0 Å². The maximum Gasteiger partial charge on any atom is 0.295 e. The Morgan fingerprint density at radius 3 is 1.66 bits per heavy atom.